The Morgan fingerprint density at radius 3 is 2.45 bits per heavy atom. The molecule has 0 aliphatic carbocycles. The van der Waals surface area contributed by atoms with Crippen molar-refractivity contribution in [3.8, 4) is 5.75 Å². The minimum absolute atomic E-state index is 0.0120. The molecule has 1 fully saturated rings. The molecule has 3 rings (SSSR count). The molecule has 7 heteroatoms. The van der Waals surface area contributed by atoms with Crippen LogP contribution in [0.3, 0.4) is 0 Å². The summed E-state index contributed by atoms with van der Waals surface area (Å²) in [6.07, 6.45) is -0.0925. The molecule has 29 heavy (non-hydrogen) atoms. The van der Waals surface area contributed by atoms with Crippen LogP contribution in [0.25, 0.3) is 0 Å². The molecule has 1 unspecified atom stereocenters. The lowest BCUT2D eigenvalue weighted by Gasteiger charge is -2.42. The summed E-state index contributed by atoms with van der Waals surface area (Å²) in [4.78, 5) is 26.6. The van der Waals surface area contributed by atoms with Gasteiger partial charge >= 0.3 is 0 Å². The average molecular weight is 400 g/mol. The number of halogens is 1. The van der Waals surface area contributed by atoms with Crippen LogP contribution in [0.4, 0.5) is 4.39 Å². The van der Waals surface area contributed by atoms with Crippen LogP contribution in [0.2, 0.25) is 0 Å². The van der Waals surface area contributed by atoms with Crippen molar-refractivity contribution in [1.29, 1.82) is 0 Å². The van der Waals surface area contributed by atoms with Gasteiger partial charge in [-0.1, -0.05) is 18.2 Å². The van der Waals surface area contributed by atoms with Crippen molar-refractivity contribution in [1.82, 2.24) is 4.90 Å². The van der Waals surface area contributed by atoms with Crippen LogP contribution in [-0.2, 0) is 9.53 Å². The lowest BCUT2D eigenvalue weighted by atomic mass is 9.95. The molecule has 1 saturated heterocycles. The zero-order valence-electron chi connectivity index (χ0n) is 16.6. The molecule has 0 radical (unpaired) electrons. The van der Waals surface area contributed by atoms with E-state index >= 15 is 0 Å². The van der Waals surface area contributed by atoms with Gasteiger partial charge < -0.3 is 20.1 Å². The first-order valence-electron chi connectivity index (χ1n) is 9.46. The highest BCUT2D eigenvalue weighted by molar-refractivity contribution is 5.97. The number of hydrogen-bond donors (Lipinski definition) is 1. The zero-order chi connectivity index (χ0) is 21.0. The highest BCUT2D eigenvalue weighted by atomic mass is 19.1. The van der Waals surface area contributed by atoms with Gasteiger partial charge in [0.15, 0.2) is 0 Å². The summed E-state index contributed by atoms with van der Waals surface area (Å²) in [5, 5.41) is 0. The van der Waals surface area contributed by atoms with Gasteiger partial charge in [-0.3, -0.25) is 9.59 Å². The third-order valence-electron chi connectivity index (χ3n) is 5.04. The van der Waals surface area contributed by atoms with Crippen LogP contribution in [0, 0.1) is 19.7 Å². The number of amides is 2. The van der Waals surface area contributed by atoms with E-state index in [0.29, 0.717) is 17.9 Å². The molecular formula is C22H25FN2O4. The summed E-state index contributed by atoms with van der Waals surface area (Å²) in [5.74, 6) is -0.589. The molecular weight excluding hydrogens is 375 g/mol. The Labute approximate surface area is 169 Å². The number of rotatable bonds is 6. The Morgan fingerprint density at radius 2 is 1.83 bits per heavy atom. The van der Waals surface area contributed by atoms with E-state index < -0.39 is 11.5 Å². The van der Waals surface area contributed by atoms with Crippen molar-refractivity contribution in [3.63, 3.8) is 0 Å². The molecule has 2 N–H and O–H groups in total. The van der Waals surface area contributed by atoms with E-state index in [1.54, 1.807) is 4.90 Å². The number of carbonyl (C=O) groups excluding carboxylic acids is 2. The van der Waals surface area contributed by atoms with Gasteiger partial charge in [-0.05, 0) is 49.2 Å². The van der Waals surface area contributed by atoms with Gasteiger partial charge in [0.25, 0.3) is 5.91 Å². The summed E-state index contributed by atoms with van der Waals surface area (Å²) >= 11 is 0. The highest BCUT2D eigenvalue weighted by Crippen LogP contribution is 2.26. The minimum atomic E-state index is -1.06. The van der Waals surface area contributed by atoms with Gasteiger partial charge in [-0.2, -0.15) is 0 Å². The van der Waals surface area contributed by atoms with Gasteiger partial charge in [0.05, 0.1) is 19.6 Å². The first kappa shape index (κ1) is 20.8. The number of nitrogens with zero attached hydrogens (tertiary/aromatic N) is 1. The number of morpholine rings is 1. The molecule has 0 bridgehead atoms. The first-order valence-corrected chi connectivity index (χ1v) is 9.46. The normalized spacial score (nSPS) is 19.1. The molecule has 2 aromatic carbocycles. The molecule has 1 heterocycles. The standard InChI is InChI=1S/C22H25FN2O4/c1-15-4-3-5-16(2)20(15)21(27)25-10-11-29-22(13-25,12-19(24)26)14-28-18-8-6-17(23)7-9-18/h3-9H,10-14H2,1-2H3,(H2,24,26). The van der Waals surface area contributed by atoms with Crippen LogP contribution in [0.5, 0.6) is 5.75 Å². The summed E-state index contributed by atoms with van der Waals surface area (Å²) in [5.41, 5.74) is 6.83. The fourth-order valence-corrected chi connectivity index (χ4v) is 3.64. The Bertz CT molecular complexity index is 880. The molecule has 1 aliphatic heterocycles. The van der Waals surface area contributed by atoms with Crippen molar-refractivity contribution in [2.24, 2.45) is 5.73 Å². The predicted molar refractivity (Wildman–Crippen MR) is 106 cm³/mol. The van der Waals surface area contributed by atoms with Crippen LogP contribution >= 0.6 is 0 Å². The van der Waals surface area contributed by atoms with E-state index in [0.717, 1.165) is 11.1 Å². The second kappa shape index (κ2) is 8.61. The first-order chi connectivity index (χ1) is 13.8. The quantitative estimate of drug-likeness (QED) is 0.808. The largest absolute Gasteiger partial charge is 0.490 e. The molecule has 1 atom stereocenters. The van der Waals surface area contributed by atoms with E-state index in [-0.39, 0.29) is 37.9 Å². The third-order valence-corrected chi connectivity index (χ3v) is 5.04. The van der Waals surface area contributed by atoms with E-state index in [9.17, 15) is 14.0 Å². The SMILES string of the molecule is Cc1cccc(C)c1C(=O)N1CCOC(COc2ccc(F)cc2)(CC(N)=O)C1. The molecule has 6 nitrogen and oxygen atoms in total. The Kier molecular flexibility index (Phi) is 6.17. The molecule has 1 aliphatic rings. The van der Waals surface area contributed by atoms with Crippen LogP contribution < -0.4 is 10.5 Å². The minimum Gasteiger partial charge on any atom is -0.490 e. The van der Waals surface area contributed by atoms with Crippen molar-refractivity contribution in [3.05, 3.63) is 65.0 Å². The van der Waals surface area contributed by atoms with Crippen molar-refractivity contribution >= 4 is 11.8 Å². The fourth-order valence-electron chi connectivity index (χ4n) is 3.64. The lowest BCUT2D eigenvalue weighted by Crippen LogP contribution is -2.58. The number of primary amides is 1. The number of hydrogen-bond acceptors (Lipinski definition) is 4. The van der Waals surface area contributed by atoms with Crippen LogP contribution in [0.1, 0.15) is 27.9 Å². The summed E-state index contributed by atoms with van der Waals surface area (Å²) in [6.45, 7) is 4.65. The Hall–Kier alpha value is -2.93. The summed E-state index contributed by atoms with van der Waals surface area (Å²) in [7, 11) is 0. The molecule has 0 saturated carbocycles. The predicted octanol–water partition coefficient (Wildman–Crippen LogP) is 2.61. The van der Waals surface area contributed by atoms with Gasteiger partial charge in [0.1, 0.15) is 23.8 Å². The van der Waals surface area contributed by atoms with E-state index in [1.165, 1.54) is 24.3 Å². The molecule has 154 valence electrons. The Balaban J connectivity index is 1.80. The molecule has 2 aromatic rings. The molecule has 2 amide bonds. The second-order valence-electron chi connectivity index (χ2n) is 7.41. The molecule has 0 spiro atoms. The lowest BCUT2D eigenvalue weighted by molar-refractivity contribution is -0.142. The van der Waals surface area contributed by atoms with Gasteiger partial charge in [0, 0.05) is 12.1 Å². The number of aryl methyl sites for hydroxylation is 2. The third kappa shape index (κ3) is 4.92. The van der Waals surface area contributed by atoms with Crippen LogP contribution in [-0.4, -0.2) is 48.6 Å². The number of benzene rings is 2. The monoisotopic (exact) mass is 400 g/mol. The highest BCUT2D eigenvalue weighted by Gasteiger charge is 2.41. The maximum atomic E-state index is 13.2. The smallest absolute Gasteiger partial charge is 0.254 e. The number of nitrogens with two attached hydrogens (primary N) is 1. The van der Waals surface area contributed by atoms with Gasteiger partial charge in [0.2, 0.25) is 5.91 Å². The van der Waals surface area contributed by atoms with E-state index in [1.807, 2.05) is 32.0 Å². The summed E-state index contributed by atoms with van der Waals surface area (Å²) in [6, 6.07) is 11.3. The van der Waals surface area contributed by atoms with Crippen molar-refractivity contribution in [2.45, 2.75) is 25.9 Å². The topological polar surface area (TPSA) is 81.9 Å². The average Bonchev–Trinajstić information content (AvgIpc) is 2.67. The van der Waals surface area contributed by atoms with E-state index in [2.05, 4.69) is 0 Å². The fraction of sp³-hybridized carbons (Fsp3) is 0.364. The van der Waals surface area contributed by atoms with Crippen LogP contribution in [0.15, 0.2) is 42.5 Å². The number of ether oxygens (including phenoxy) is 2. The summed E-state index contributed by atoms with van der Waals surface area (Å²) < 4.78 is 24.8. The van der Waals surface area contributed by atoms with Gasteiger partial charge in [-0.25, -0.2) is 4.39 Å². The maximum absolute atomic E-state index is 13.2. The second-order valence-corrected chi connectivity index (χ2v) is 7.41. The van der Waals surface area contributed by atoms with Crippen molar-refractivity contribution < 1.29 is 23.5 Å². The van der Waals surface area contributed by atoms with Gasteiger partial charge in [-0.15, -0.1) is 0 Å². The molecule has 0 aromatic heterocycles. The Morgan fingerprint density at radius 1 is 1.17 bits per heavy atom. The number of carbonyl (C=O) groups is 2. The van der Waals surface area contributed by atoms with E-state index in [4.69, 9.17) is 15.2 Å². The maximum Gasteiger partial charge on any atom is 0.254 e. The van der Waals surface area contributed by atoms with Crippen molar-refractivity contribution in [2.75, 3.05) is 26.3 Å². The zero-order valence-corrected chi connectivity index (χ0v) is 16.6.